The lowest BCUT2D eigenvalue weighted by atomic mass is 10.1. The summed E-state index contributed by atoms with van der Waals surface area (Å²) in [5, 5.41) is 2.48. The molecular weight excluding hydrogens is 208 g/mol. The van der Waals surface area contributed by atoms with E-state index in [1.165, 1.54) is 6.34 Å². The average Bonchev–Trinajstić information content (AvgIpc) is 2.66. The van der Waals surface area contributed by atoms with Gasteiger partial charge in [-0.3, -0.25) is 9.79 Å². The van der Waals surface area contributed by atoms with E-state index < -0.39 is 5.54 Å². The van der Waals surface area contributed by atoms with Crippen LogP contribution < -0.4 is 5.32 Å². The minimum absolute atomic E-state index is 0.0301. The van der Waals surface area contributed by atoms with Crippen molar-refractivity contribution in [2.45, 2.75) is 19.4 Å². The lowest BCUT2D eigenvalue weighted by molar-refractivity contribution is -0.122. The Morgan fingerprint density at radius 3 is 1.88 bits per heavy atom. The van der Waals surface area contributed by atoms with Crippen LogP contribution in [0.15, 0.2) is 4.99 Å². The zero-order chi connectivity index (χ0) is 12.3. The van der Waals surface area contributed by atoms with Gasteiger partial charge in [-0.2, -0.15) is 0 Å². The fraction of sp³-hybridized carbons (Fsp3) is 0.700. The van der Waals surface area contributed by atoms with Gasteiger partial charge in [0.15, 0.2) is 0 Å². The van der Waals surface area contributed by atoms with E-state index in [1.54, 1.807) is 23.6 Å². The van der Waals surface area contributed by atoms with E-state index in [9.17, 15) is 9.59 Å². The molecule has 0 aliphatic carbocycles. The zero-order valence-corrected chi connectivity index (χ0v) is 10.1. The summed E-state index contributed by atoms with van der Waals surface area (Å²) in [6.45, 7) is 5.28. The van der Waals surface area contributed by atoms with Crippen molar-refractivity contribution >= 4 is 18.3 Å². The fourth-order valence-corrected chi connectivity index (χ4v) is 1.27. The highest BCUT2D eigenvalue weighted by Gasteiger charge is 2.29. The molecule has 1 N–H and O–H groups in total. The number of rotatable bonds is 0. The maximum absolute atomic E-state index is 10.8. The second-order valence-electron chi connectivity index (χ2n) is 4.42. The van der Waals surface area contributed by atoms with Gasteiger partial charge in [0.2, 0.25) is 0 Å². The van der Waals surface area contributed by atoms with Crippen LogP contribution in [0.3, 0.4) is 0 Å². The summed E-state index contributed by atoms with van der Waals surface area (Å²) in [4.78, 5) is 28.7. The maximum Gasteiger partial charge on any atom is 0.319 e. The summed E-state index contributed by atoms with van der Waals surface area (Å²) in [5.74, 6) is -0.0301. The predicted molar refractivity (Wildman–Crippen MR) is 61.4 cm³/mol. The van der Waals surface area contributed by atoms with Crippen LogP contribution >= 0.6 is 0 Å². The predicted octanol–water partition coefficient (Wildman–Crippen LogP) is -0.0933. The lowest BCUT2D eigenvalue weighted by Gasteiger charge is -2.07. The maximum atomic E-state index is 10.8. The van der Waals surface area contributed by atoms with Crippen molar-refractivity contribution in [3.05, 3.63) is 0 Å². The van der Waals surface area contributed by atoms with Crippen LogP contribution in [0.1, 0.15) is 13.8 Å². The van der Waals surface area contributed by atoms with E-state index in [0.717, 1.165) is 13.1 Å². The van der Waals surface area contributed by atoms with Crippen LogP contribution in [0.2, 0.25) is 0 Å². The first-order chi connectivity index (χ1) is 7.34. The largest absolute Gasteiger partial charge is 0.326 e. The highest BCUT2D eigenvalue weighted by atomic mass is 16.2. The Labute approximate surface area is 95.3 Å². The molecule has 0 bridgehead atoms. The molecule has 3 amide bonds. The van der Waals surface area contributed by atoms with E-state index >= 15 is 0 Å². The molecule has 0 atom stereocenters. The topological polar surface area (TPSA) is 65.0 Å². The minimum Gasteiger partial charge on any atom is -0.326 e. The number of amides is 3. The molecule has 2 aliphatic heterocycles. The normalized spacial score (nSPS) is 22.0. The Kier molecular flexibility index (Phi) is 3.51. The summed E-state index contributed by atoms with van der Waals surface area (Å²) in [6.07, 6.45) is 1.43. The molecule has 0 saturated carbocycles. The van der Waals surface area contributed by atoms with Gasteiger partial charge in [-0.15, -0.1) is 0 Å². The van der Waals surface area contributed by atoms with Crippen LogP contribution in [0.4, 0.5) is 4.79 Å². The quantitative estimate of drug-likeness (QED) is 0.627. The molecule has 0 aromatic carbocycles. The van der Waals surface area contributed by atoms with Gasteiger partial charge in [0.1, 0.15) is 5.54 Å². The standard InChI is InChI=1S/C5H8N2O.C5H10N2O/c1-5(2)4(8)6-3-7-5;1-6-3-4-7(2)5(6)8/h3H,1-2H3,(H,6,7,8);3-4H2,1-2H3. The molecule has 16 heavy (non-hydrogen) atoms. The second kappa shape index (κ2) is 4.51. The molecule has 0 radical (unpaired) electrons. The highest BCUT2D eigenvalue weighted by Crippen LogP contribution is 2.10. The van der Waals surface area contributed by atoms with Crippen molar-refractivity contribution in [1.29, 1.82) is 0 Å². The molecule has 90 valence electrons. The third-order valence-corrected chi connectivity index (χ3v) is 2.56. The van der Waals surface area contributed by atoms with Crippen molar-refractivity contribution in [3.63, 3.8) is 0 Å². The fourth-order valence-electron chi connectivity index (χ4n) is 1.27. The van der Waals surface area contributed by atoms with Gasteiger partial charge in [-0.25, -0.2) is 4.79 Å². The minimum atomic E-state index is -0.528. The number of carbonyl (C=O) groups is 2. The van der Waals surface area contributed by atoms with Crippen LogP contribution in [-0.2, 0) is 4.79 Å². The summed E-state index contributed by atoms with van der Waals surface area (Å²) in [5.41, 5.74) is -0.528. The van der Waals surface area contributed by atoms with Gasteiger partial charge in [-0.1, -0.05) is 0 Å². The molecule has 6 heteroatoms. The van der Waals surface area contributed by atoms with E-state index in [4.69, 9.17) is 0 Å². The molecule has 2 aliphatic rings. The Morgan fingerprint density at radius 2 is 1.75 bits per heavy atom. The SMILES string of the molecule is CC1(C)N=CNC1=O.CN1CCN(C)C1=O. The Balaban J connectivity index is 0.000000160. The first-order valence-corrected chi connectivity index (χ1v) is 5.15. The van der Waals surface area contributed by atoms with Gasteiger partial charge in [-0.05, 0) is 13.8 Å². The number of carbonyl (C=O) groups excluding carboxylic acids is 2. The smallest absolute Gasteiger partial charge is 0.319 e. The van der Waals surface area contributed by atoms with Crippen molar-refractivity contribution in [3.8, 4) is 0 Å². The van der Waals surface area contributed by atoms with Crippen LogP contribution in [0.25, 0.3) is 0 Å². The Bertz CT molecular complexity index is 311. The van der Waals surface area contributed by atoms with E-state index in [2.05, 4.69) is 10.3 Å². The molecule has 0 spiro atoms. The van der Waals surface area contributed by atoms with Crippen LogP contribution in [0.5, 0.6) is 0 Å². The van der Waals surface area contributed by atoms with Crippen molar-refractivity contribution < 1.29 is 9.59 Å². The first kappa shape index (κ1) is 12.5. The molecular formula is C10H18N4O2. The van der Waals surface area contributed by atoms with Gasteiger partial charge in [0.05, 0.1) is 6.34 Å². The number of aliphatic imine (C=N–C) groups is 1. The number of hydrogen-bond donors (Lipinski definition) is 1. The lowest BCUT2D eigenvalue weighted by Crippen LogP contribution is -2.32. The monoisotopic (exact) mass is 226 g/mol. The van der Waals surface area contributed by atoms with Crippen LogP contribution in [-0.4, -0.2) is 60.8 Å². The van der Waals surface area contributed by atoms with Crippen molar-refractivity contribution in [1.82, 2.24) is 15.1 Å². The average molecular weight is 226 g/mol. The van der Waals surface area contributed by atoms with Crippen LogP contribution in [0, 0.1) is 0 Å². The second-order valence-corrected chi connectivity index (χ2v) is 4.42. The van der Waals surface area contributed by atoms with E-state index in [1.807, 2.05) is 14.1 Å². The molecule has 6 nitrogen and oxygen atoms in total. The van der Waals surface area contributed by atoms with Gasteiger partial charge < -0.3 is 15.1 Å². The zero-order valence-electron chi connectivity index (χ0n) is 10.1. The third-order valence-electron chi connectivity index (χ3n) is 2.56. The summed E-state index contributed by atoms with van der Waals surface area (Å²) >= 11 is 0. The number of likely N-dealkylation sites (N-methyl/N-ethyl adjacent to an activating group) is 2. The molecule has 2 rings (SSSR count). The molecule has 0 aromatic rings. The molecule has 0 unspecified atom stereocenters. The molecule has 1 fully saturated rings. The summed E-state index contributed by atoms with van der Waals surface area (Å²) in [6, 6.07) is 0.130. The number of nitrogens with one attached hydrogen (secondary N) is 1. The molecule has 1 saturated heterocycles. The van der Waals surface area contributed by atoms with E-state index in [0.29, 0.717) is 0 Å². The van der Waals surface area contributed by atoms with Gasteiger partial charge >= 0.3 is 6.03 Å². The van der Waals surface area contributed by atoms with Gasteiger partial charge in [0, 0.05) is 27.2 Å². The van der Waals surface area contributed by atoms with Crippen molar-refractivity contribution in [2.75, 3.05) is 27.2 Å². The molecule has 0 aromatic heterocycles. The van der Waals surface area contributed by atoms with Gasteiger partial charge in [0.25, 0.3) is 5.91 Å². The number of hydrogen-bond acceptors (Lipinski definition) is 3. The van der Waals surface area contributed by atoms with E-state index in [-0.39, 0.29) is 11.9 Å². The molecule has 2 heterocycles. The van der Waals surface area contributed by atoms with Crippen molar-refractivity contribution in [2.24, 2.45) is 4.99 Å². The Morgan fingerprint density at radius 1 is 1.25 bits per heavy atom. The Hall–Kier alpha value is -1.59. The number of urea groups is 1. The third kappa shape index (κ3) is 2.71. The number of nitrogens with zero attached hydrogens (tertiary/aromatic N) is 3. The highest BCUT2D eigenvalue weighted by molar-refractivity contribution is 5.99. The first-order valence-electron chi connectivity index (χ1n) is 5.15. The summed E-state index contributed by atoms with van der Waals surface area (Å²) < 4.78 is 0. The summed E-state index contributed by atoms with van der Waals surface area (Å²) in [7, 11) is 3.62.